The van der Waals surface area contributed by atoms with Gasteiger partial charge in [-0.05, 0) is 29.3 Å². The molecule has 0 N–H and O–H groups in total. The van der Waals surface area contributed by atoms with Gasteiger partial charge < -0.3 is 4.90 Å². The molecule has 0 atom stereocenters. The van der Waals surface area contributed by atoms with Gasteiger partial charge in [0, 0.05) is 22.0 Å². The topological polar surface area (TPSA) is 15.6 Å². The minimum absolute atomic E-state index is 0. The van der Waals surface area contributed by atoms with E-state index in [9.17, 15) is 0 Å². The van der Waals surface area contributed by atoms with Crippen LogP contribution in [0.15, 0.2) is 46.3 Å². The molecule has 0 radical (unpaired) electrons. The lowest BCUT2D eigenvalue weighted by atomic mass is 10.0. The number of fused-ring (bicyclic) bond motifs is 2. The number of halogens is 2. The lowest BCUT2D eigenvalue weighted by Crippen LogP contribution is -2.20. The highest BCUT2D eigenvalue weighted by molar-refractivity contribution is 8.93. The number of hydrogen-bond donors (Lipinski definition) is 0. The number of allylic oxidation sites excluding steroid dienone is 1. The summed E-state index contributed by atoms with van der Waals surface area (Å²) in [5.74, 6) is 0. The third-order valence-corrected chi connectivity index (χ3v) is 5.54. The summed E-state index contributed by atoms with van der Waals surface area (Å²) in [4.78, 5) is 8.46. The van der Waals surface area contributed by atoms with Gasteiger partial charge in [0.15, 0.2) is 5.17 Å². The highest BCUT2D eigenvalue weighted by atomic mass is 79.9. The highest BCUT2D eigenvalue weighted by Crippen LogP contribution is 2.45. The van der Waals surface area contributed by atoms with E-state index in [2.05, 4.69) is 47.1 Å². The van der Waals surface area contributed by atoms with Crippen LogP contribution < -0.4 is 0 Å². The van der Waals surface area contributed by atoms with Crippen molar-refractivity contribution in [1.29, 1.82) is 0 Å². The number of nitrogens with zero attached hydrogens (tertiary/aromatic N) is 2. The van der Waals surface area contributed by atoms with Crippen molar-refractivity contribution in [1.82, 2.24) is 4.90 Å². The third-order valence-electron chi connectivity index (χ3n) is 4.13. The average Bonchev–Trinajstić information content (AvgIpc) is 3.08. The van der Waals surface area contributed by atoms with Crippen molar-refractivity contribution < 1.29 is 0 Å². The monoisotopic (exact) mass is 408 g/mol. The quantitative estimate of drug-likeness (QED) is 0.621. The van der Waals surface area contributed by atoms with Crippen LogP contribution >= 0.6 is 40.3 Å². The minimum atomic E-state index is 0. The maximum atomic E-state index is 6.25. The predicted octanol–water partition coefficient (Wildman–Crippen LogP) is 5.96. The Morgan fingerprint density at radius 3 is 2.96 bits per heavy atom. The first-order valence-electron chi connectivity index (χ1n) is 7.69. The van der Waals surface area contributed by atoms with Gasteiger partial charge in [-0.1, -0.05) is 61.0 Å². The number of amidine groups is 1. The van der Waals surface area contributed by atoms with Gasteiger partial charge in [0.2, 0.25) is 0 Å². The zero-order chi connectivity index (χ0) is 15.1. The zero-order valence-corrected chi connectivity index (χ0v) is 16.2. The number of aliphatic imine (C=N–C) groups is 1. The molecule has 0 amide bonds. The van der Waals surface area contributed by atoms with Crippen LogP contribution in [0, 0.1) is 0 Å². The molecule has 2 aliphatic rings. The van der Waals surface area contributed by atoms with E-state index in [4.69, 9.17) is 11.6 Å². The minimum Gasteiger partial charge on any atom is -0.318 e. The standard InChI is InChI=1S/C18H17ClN2S.BrH/c1-2-4-16-17(21-10-9-20-18(21)22-16)14-6-3-5-12-7-8-13(19)11-15(12)14;/h3,5-8,11H,2,4,9-10H2,1H3;1H. The van der Waals surface area contributed by atoms with Crippen LogP contribution in [0.4, 0.5) is 0 Å². The first kappa shape index (κ1) is 16.9. The SMILES string of the molecule is Br.CCCC1=C(c2cccc3ccc(Cl)cc23)N2CCN=C2S1. The van der Waals surface area contributed by atoms with E-state index < -0.39 is 0 Å². The van der Waals surface area contributed by atoms with Crippen LogP contribution in [0.5, 0.6) is 0 Å². The van der Waals surface area contributed by atoms with Crippen LogP contribution in [0.1, 0.15) is 25.3 Å². The van der Waals surface area contributed by atoms with Crippen molar-refractivity contribution in [2.24, 2.45) is 4.99 Å². The van der Waals surface area contributed by atoms with Crippen LogP contribution in [0.2, 0.25) is 5.02 Å². The Bertz CT molecular complexity index is 816. The van der Waals surface area contributed by atoms with Crippen LogP contribution in [0.3, 0.4) is 0 Å². The van der Waals surface area contributed by atoms with E-state index in [0.717, 1.165) is 36.1 Å². The zero-order valence-electron chi connectivity index (χ0n) is 12.9. The molecule has 0 saturated carbocycles. The number of thioether (sulfide) groups is 1. The molecule has 23 heavy (non-hydrogen) atoms. The molecule has 0 saturated heterocycles. The fourth-order valence-corrected chi connectivity index (χ4v) is 4.64. The molecule has 2 heterocycles. The summed E-state index contributed by atoms with van der Waals surface area (Å²) in [6.45, 7) is 4.12. The lowest BCUT2D eigenvalue weighted by Gasteiger charge is -2.19. The van der Waals surface area contributed by atoms with E-state index in [0.29, 0.717) is 0 Å². The molecule has 2 aromatic carbocycles. The Kier molecular flexibility index (Phi) is 5.04. The summed E-state index contributed by atoms with van der Waals surface area (Å²) >= 11 is 8.09. The van der Waals surface area contributed by atoms with Crippen LogP contribution in [-0.2, 0) is 0 Å². The summed E-state index contributed by atoms with van der Waals surface area (Å²) in [6, 6.07) is 12.6. The molecule has 5 heteroatoms. The molecule has 0 bridgehead atoms. The Hall–Kier alpha value is -0.970. The maximum absolute atomic E-state index is 6.25. The molecule has 0 fully saturated rings. The Labute approximate surface area is 156 Å². The summed E-state index contributed by atoms with van der Waals surface area (Å²) < 4.78 is 0. The molecule has 2 aliphatic heterocycles. The van der Waals surface area contributed by atoms with E-state index in [1.807, 2.05) is 17.8 Å². The van der Waals surface area contributed by atoms with Crippen molar-refractivity contribution in [2.45, 2.75) is 19.8 Å². The fraction of sp³-hybridized carbons (Fsp3) is 0.278. The van der Waals surface area contributed by atoms with Crippen molar-refractivity contribution >= 4 is 62.0 Å². The van der Waals surface area contributed by atoms with Gasteiger partial charge in [-0.15, -0.1) is 17.0 Å². The normalized spacial score (nSPS) is 16.6. The van der Waals surface area contributed by atoms with E-state index in [1.54, 1.807) is 0 Å². The van der Waals surface area contributed by atoms with Gasteiger partial charge in [-0.25, -0.2) is 0 Å². The van der Waals surface area contributed by atoms with Gasteiger partial charge in [0.25, 0.3) is 0 Å². The van der Waals surface area contributed by atoms with Crippen molar-refractivity contribution in [3.05, 3.63) is 51.9 Å². The van der Waals surface area contributed by atoms with Crippen LogP contribution in [0.25, 0.3) is 16.5 Å². The van der Waals surface area contributed by atoms with Gasteiger partial charge in [-0.2, -0.15) is 0 Å². The molecular formula is C18H18BrClN2S. The molecule has 4 rings (SSSR count). The first-order valence-corrected chi connectivity index (χ1v) is 8.89. The Morgan fingerprint density at radius 2 is 2.13 bits per heavy atom. The maximum Gasteiger partial charge on any atom is 0.168 e. The molecular weight excluding hydrogens is 392 g/mol. The Morgan fingerprint density at radius 1 is 1.26 bits per heavy atom. The molecule has 0 aliphatic carbocycles. The van der Waals surface area contributed by atoms with Gasteiger partial charge in [0.05, 0.1) is 12.2 Å². The van der Waals surface area contributed by atoms with Crippen molar-refractivity contribution in [3.8, 4) is 0 Å². The second-order valence-corrected chi connectivity index (χ2v) is 7.11. The summed E-state index contributed by atoms with van der Waals surface area (Å²) in [5, 5.41) is 4.42. The average molecular weight is 410 g/mol. The highest BCUT2D eigenvalue weighted by Gasteiger charge is 2.32. The summed E-state index contributed by atoms with van der Waals surface area (Å²) in [7, 11) is 0. The molecule has 120 valence electrons. The fourth-order valence-electron chi connectivity index (χ4n) is 3.17. The molecule has 0 unspecified atom stereocenters. The second kappa shape index (κ2) is 6.88. The van der Waals surface area contributed by atoms with Gasteiger partial charge in [0.1, 0.15) is 0 Å². The molecule has 0 spiro atoms. The second-order valence-electron chi connectivity index (χ2n) is 5.61. The largest absolute Gasteiger partial charge is 0.318 e. The third kappa shape index (κ3) is 2.92. The van der Waals surface area contributed by atoms with Crippen molar-refractivity contribution in [3.63, 3.8) is 0 Å². The first-order chi connectivity index (χ1) is 10.8. The molecule has 0 aromatic heterocycles. The van der Waals surface area contributed by atoms with E-state index in [-0.39, 0.29) is 17.0 Å². The Balaban J connectivity index is 0.00000156. The molecule has 2 aromatic rings. The van der Waals surface area contributed by atoms with Gasteiger partial charge in [-0.3, -0.25) is 4.99 Å². The number of rotatable bonds is 3. The van der Waals surface area contributed by atoms with E-state index >= 15 is 0 Å². The van der Waals surface area contributed by atoms with Gasteiger partial charge >= 0.3 is 0 Å². The lowest BCUT2D eigenvalue weighted by molar-refractivity contribution is 0.646. The summed E-state index contributed by atoms with van der Waals surface area (Å²) in [6.07, 6.45) is 2.25. The number of hydrogen-bond acceptors (Lipinski definition) is 3. The summed E-state index contributed by atoms with van der Waals surface area (Å²) in [5.41, 5.74) is 2.62. The van der Waals surface area contributed by atoms with Crippen LogP contribution in [-0.4, -0.2) is 23.2 Å². The molecule has 2 nitrogen and oxygen atoms in total. The van der Waals surface area contributed by atoms with Crippen molar-refractivity contribution in [2.75, 3.05) is 13.1 Å². The predicted molar refractivity (Wildman–Crippen MR) is 108 cm³/mol. The smallest absolute Gasteiger partial charge is 0.168 e. The van der Waals surface area contributed by atoms with E-state index in [1.165, 1.54) is 26.9 Å². The number of benzene rings is 2.